The van der Waals surface area contributed by atoms with Gasteiger partial charge in [0.15, 0.2) is 0 Å². The van der Waals surface area contributed by atoms with E-state index in [4.69, 9.17) is 61.6 Å². The molecule has 0 amide bonds. The number of carbonyl (C=O) groups excluding carboxylic acids is 1. The number of ether oxygens (including phenoxy) is 14. The number of halogens is 5. The molecule has 0 unspecified atom stereocenters. The van der Waals surface area contributed by atoms with Crippen molar-refractivity contribution in [1.82, 2.24) is 0 Å². The lowest BCUT2D eigenvalue weighted by atomic mass is 10.0. The van der Waals surface area contributed by atoms with E-state index >= 15 is 0 Å². The van der Waals surface area contributed by atoms with E-state index in [-0.39, 0.29) is 26.4 Å². The molecule has 0 atom stereocenters. The maximum atomic E-state index is 13.6. The fraction of sp³-hybridized carbons (Fsp3) is 0.863. The van der Waals surface area contributed by atoms with Crippen molar-refractivity contribution in [2.75, 3.05) is 172 Å². The second-order valence-electron chi connectivity index (χ2n) is 16.4. The molecule has 0 saturated heterocycles. The lowest BCUT2D eigenvalue weighted by molar-refractivity contribution is -0.136. The third-order valence-corrected chi connectivity index (χ3v) is 10.4. The predicted octanol–water partition coefficient (Wildman–Crippen LogP) is 9.15. The van der Waals surface area contributed by atoms with Crippen molar-refractivity contribution in [3.63, 3.8) is 0 Å². The van der Waals surface area contributed by atoms with Crippen LogP contribution in [0.4, 0.5) is 22.0 Å². The average molecular weight is 1040 g/mol. The Hall–Kier alpha value is -2.18. The molecule has 15 nitrogen and oxygen atoms in total. The summed E-state index contributed by atoms with van der Waals surface area (Å²) in [6, 6.07) is 0. The summed E-state index contributed by atoms with van der Waals surface area (Å²) in [5, 5.41) is 0. The average Bonchev–Trinajstić information content (AvgIpc) is 3.37. The molecule has 0 fully saturated rings. The molecule has 0 aromatic heterocycles. The minimum atomic E-state index is -2.35. The fourth-order valence-electron chi connectivity index (χ4n) is 6.49. The third-order valence-electron chi connectivity index (χ3n) is 10.4. The van der Waals surface area contributed by atoms with Crippen LogP contribution >= 0.6 is 0 Å². The summed E-state index contributed by atoms with van der Waals surface area (Å²) in [6.07, 6.45) is 21.5. The molecule has 418 valence electrons. The second kappa shape index (κ2) is 52.7. The summed E-state index contributed by atoms with van der Waals surface area (Å²) in [5.74, 6) is -14.1. The number of esters is 1. The molecule has 0 bridgehead atoms. The van der Waals surface area contributed by atoms with Gasteiger partial charge in [-0.1, -0.05) is 103 Å². The highest BCUT2D eigenvalue weighted by Gasteiger charge is 2.28. The highest BCUT2D eigenvalue weighted by atomic mass is 19.2. The highest BCUT2D eigenvalue weighted by molar-refractivity contribution is 5.72. The van der Waals surface area contributed by atoms with Crippen molar-refractivity contribution in [3.8, 4) is 5.75 Å². The van der Waals surface area contributed by atoms with Crippen LogP contribution in [-0.2, 0) is 66.4 Å². The van der Waals surface area contributed by atoms with E-state index in [2.05, 4.69) is 11.7 Å². The Morgan fingerprint density at radius 1 is 0.268 bits per heavy atom. The predicted molar refractivity (Wildman–Crippen MR) is 257 cm³/mol. The van der Waals surface area contributed by atoms with Crippen LogP contribution in [0.3, 0.4) is 0 Å². The van der Waals surface area contributed by atoms with Crippen LogP contribution < -0.4 is 4.74 Å². The Bertz CT molecular complexity index is 1300. The first-order valence-electron chi connectivity index (χ1n) is 26.1. The number of carbonyl (C=O) groups is 1. The molecule has 0 radical (unpaired) electrons. The first-order chi connectivity index (χ1) is 34.9. The number of benzene rings is 1. The number of rotatable bonds is 57. The molecular weight excluding hydrogens is 948 g/mol. The lowest BCUT2D eigenvalue weighted by Gasteiger charge is -2.09. The van der Waals surface area contributed by atoms with Crippen molar-refractivity contribution in [2.45, 2.75) is 116 Å². The summed E-state index contributed by atoms with van der Waals surface area (Å²) in [5.41, 5.74) is 0. The summed E-state index contributed by atoms with van der Waals surface area (Å²) >= 11 is 0. The molecule has 0 spiro atoms. The molecule has 20 heteroatoms. The van der Waals surface area contributed by atoms with Crippen LogP contribution in [-0.4, -0.2) is 178 Å². The second-order valence-corrected chi connectivity index (χ2v) is 16.4. The van der Waals surface area contributed by atoms with E-state index in [1.165, 1.54) is 96.3 Å². The zero-order valence-corrected chi connectivity index (χ0v) is 42.9. The van der Waals surface area contributed by atoms with E-state index in [0.717, 1.165) is 13.0 Å². The van der Waals surface area contributed by atoms with Crippen LogP contribution in [0.5, 0.6) is 5.75 Å². The molecule has 0 aliphatic heterocycles. The van der Waals surface area contributed by atoms with Gasteiger partial charge >= 0.3 is 5.97 Å². The fourth-order valence-corrected chi connectivity index (χ4v) is 6.49. The van der Waals surface area contributed by atoms with Gasteiger partial charge in [0, 0.05) is 6.61 Å². The zero-order valence-electron chi connectivity index (χ0n) is 42.9. The number of hydrogen-bond acceptors (Lipinski definition) is 15. The first-order valence-corrected chi connectivity index (χ1v) is 26.1. The van der Waals surface area contributed by atoms with Gasteiger partial charge in [0.2, 0.25) is 34.8 Å². The van der Waals surface area contributed by atoms with Gasteiger partial charge in [-0.25, -0.2) is 13.2 Å². The molecule has 0 aliphatic carbocycles. The Balaban J connectivity index is 1.65. The molecule has 0 heterocycles. The van der Waals surface area contributed by atoms with Crippen molar-refractivity contribution in [2.24, 2.45) is 0 Å². The minimum Gasteiger partial charge on any atom is -0.420 e. The Morgan fingerprint density at radius 2 is 0.465 bits per heavy atom. The Kier molecular flexibility index (Phi) is 49.6. The SMILES string of the molecule is CCCCCCCCCCCCCCCCCCOCCOCCOCCOCCOCCOCCOCCOCCOCCOCCOCCOCCOCCC(=O)Oc1c(F)c(F)c(F)c(F)c1F. The summed E-state index contributed by atoms with van der Waals surface area (Å²) in [6.45, 7) is 13.2. The molecule has 0 N–H and O–H groups in total. The van der Waals surface area contributed by atoms with Crippen LogP contribution in [0.1, 0.15) is 116 Å². The monoisotopic (exact) mass is 1040 g/mol. The van der Waals surface area contributed by atoms with Crippen molar-refractivity contribution >= 4 is 5.97 Å². The molecule has 1 rings (SSSR count). The number of hydrogen-bond donors (Lipinski definition) is 0. The van der Waals surface area contributed by atoms with Crippen molar-refractivity contribution < 1.29 is 93.1 Å². The topological polar surface area (TPSA) is 146 Å². The molecule has 0 aliphatic rings. The molecule has 1 aromatic rings. The quantitative estimate of drug-likeness (QED) is 0.0153. The van der Waals surface area contributed by atoms with Crippen LogP contribution in [0.15, 0.2) is 0 Å². The van der Waals surface area contributed by atoms with E-state index < -0.39 is 47.2 Å². The molecular formula is C51H89F5O15. The molecule has 71 heavy (non-hydrogen) atoms. The van der Waals surface area contributed by atoms with Gasteiger partial charge in [-0.05, 0) is 6.42 Å². The van der Waals surface area contributed by atoms with E-state index in [0.29, 0.717) is 139 Å². The van der Waals surface area contributed by atoms with Gasteiger partial charge in [-0.2, -0.15) is 8.78 Å². The third kappa shape index (κ3) is 42.8. The lowest BCUT2D eigenvalue weighted by Crippen LogP contribution is -2.16. The number of unbranched alkanes of at least 4 members (excludes halogenated alkanes) is 15. The Labute approximate surface area is 420 Å². The normalized spacial score (nSPS) is 11.6. The van der Waals surface area contributed by atoms with Gasteiger partial charge < -0.3 is 66.3 Å². The maximum absolute atomic E-state index is 13.6. The van der Waals surface area contributed by atoms with Gasteiger partial charge in [-0.15, -0.1) is 0 Å². The standard InChI is InChI=1S/C51H89F5O15/c1-2-3-4-5-6-7-8-9-10-11-12-13-14-15-16-17-19-58-21-23-60-25-27-62-29-31-64-33-35-66-37-39-68-41-43-70-44-42-69-40-38-67-36-34-65-32-30-63-28-26-61-24-22-59-20-18-45(57)71-51-49(55)47(53)46(52)48(54)50(51)56/h2-44H2,1H3. The van der Waals surface area contributed by atoms with Gasteiger partial charge in [0.25, 0.3) is 0 Å². The van der Waals surface area contributed by atoms with Crippen molar-refractivity contribution in [1.29, 1.82) is 0 Å². The summed E-state index contributed by atoms with van der Waals surface area (Å²) in [7, 11) is 0. The van der Waals surface area contributed by atoms with E-state index in [9.17, 15) is 26.7 Å². The van der Waals surface area contributed by atoms with E-state index in [1.54, 1.807) is 0 Å². The van der Waals surface area contributed by atoms with Gasteiger partial charge in [-0.3, -0.25) is 4.79 Å². The van der Waals surface area contributed by atoms with Crippen molar-refractivity contribution in [3.05, 3.63) is 29.1 Å². The first kappa shape index (κ1) is 66.8. The Morgan fingerprint density at radius 3 is 0.718 bits per heavy atom. The van der Waals surface area contributed by atoms with Gasteiger partial charge in [0.05, 0.1) is 172 Å². The molecule has 0 saturated carbocycles. The van der Waals surface area contributed by atoms with Crippen LogP contribution in [0.25, 0.3) is 0 Å². The van der Waals surface area contributed by atoms with Crippen LogP contribution in [0.2, 0.25) is 0 Å². The maximum Gasteiger partial charge on any atom is 0.313 e. The summed E-state index contributed by atoms with van der Waals surface area (Å²) < 4.78 is 142. The largest absolute Gasteiger partial charge is 0.420 e. The minimum absolute atomic E-state index is 0.0785. The summed E-state index contributed by atoms with van der Waals surface area (Å²) in [4.78, 5) is 11.7. The zero-order chi connectivity index (χ0) is 51.3. The highest BCUT2D eigenvalue weighted by Crippen LogP contribution is 2.29. The van der Waals surface area contributed by atoms with E-state index in [1.807, 2.05) is 0 Å². The van der Waals surface area contributed by atoms with Gasteiger partial charge in [0.1, 0.15) is 0 Å². The van der Waals surface area contributed by atoms with Crippen LogP contribution in [0, 0.1) is 29.1 Å². The molecule has 1 aromatic carbocycles. The smallest absolute Gasteiger partial charge is 0.313 e.